The summed E-state index contributed by atoms with van der Waals surface area (Å²) in [7, 11) is 0. The minimum Gasteiger partial charge on any atom is -0.292 e. The van der Waals surface area contributed by atoms with E-state index in [4.69, 9.17) is 11.6 Å². The SMILES string of the molecule is CC[C@H](C(=O)c1ccccc1)N(C(=O)c1ccccc1Cl)N1C(=O)[C@@H]2CC[C@@H](C)C[C@H]2C1=O. The van der Waals surface area contributed by atoms with E-state index in [9.17, 15) is 19.2 Å². The quantitative estimate of drug-likeness (QED) is 0.453. The highest BCUT2D eigenvalue weighted by Crippen LogP contribution is 2.42. The molecule has 3 amide bonds. The van der Waals surface area contributed by atoms with Crippen molar-refractivity contribution in [2.24, 2.45) is 17.8 Å². The van der Waals surface area contributed by atoms with E-state index < -0.39 is 35.6 Å². The summed E-state index contributed by atoms with van der Waals surface area (Å²) in [6.07, 6.45) is 2.28. The van der Waals surface area contributed by atoms with Gasteiger partial charge in [0.15, 0.2) is 5.78 Å². The van der Waals surface area contributed by atoms with Crippen molar-refractivity contribution in [3.8, 4) is 0 Å². The lowest BCUT2D eigenvalue weighted by molar-refractivity contribution is -0.156. The highest BCUT2D eigenvalue weighted by Gasteiger charge is 2.54. The molecule has 1 aliphatic heterocycles. The molecule has 4 rings (SSSR count). The Morgan fingerprint density at radius 1 is 1.00 bits per heavy atom. The molecule has 172 valence electrons. The Balaban J connectivity index is 1.80. The van der Waals surface area contributed by atoms with Crippen LogP contribution in [0.25, 0.3) is 0 Å². The summed E-state index contributed by atoms with van der Waals surface area (Å²) in [5.41, 5.74) is 0.550. The van der Waals surface area contributed by atoms with Crippen molar-refractivity contribution in [2.45, 2.75) is 45.6 Å². The van der Waals surface area contributed by atoms with Crippen LogP contribution in [0.15, 0.2) is 54.6 Å². The molecule has 7 heteroatoms. The molecule has 2 aliphatic rings. The minimum atomic E-state index is -1.03. The Labute approximate surface area is 198 Å². The predicted molar refractivity (Wildman–Crippen MR) is 124 cm³/mol. The number of hydrogen-bond donors (Lipinski definition) is 0. The molecular weight excluding hydrogens is 440 g/mol. The summed E-state index contributed by atoms with van der Waals surface area (Å²) in [6.45, 7) is 3.83. The lowest BCUT2D eigenvalue weighted by Gasteiger charge is -2.36. The monoisotopic (exact) mass is 466 g/mol. The second kappa shape index (κ2) is 9.48. The molecule has 4 atom stereocenters. The first-order valence-corrected chi connectivity index (χ1v) is 11.8. The lowest BCUT2D eigenvalue weighted by Crippen LogP contribution is -2.57. The molecule has 1 saturated heterocycles. The van der Waals surface area contributed by atoms with Gasteiger partial charge in [-0.2, -0.15) is 5.01 Å². The highest BCUT2D eigenvalue weighted by molar-refractivity contribution is 6.34. The van der Waals surface area contributed by atoms with E-state index >= 15 is 0 Å². The Morgan fingerprint density at radius 3 is 2.30 bits per heavy atom. The van der Waals surface area contributed by atoms with Gasteiger partial charge < -0.3 is 0 Å². The number of Topliss-reactive ketones (excluding diaryl/α,β-unsaturated/α-hetero) is 1. The molecule has 1 saturated carbocycles. The fraction of sp³-hybridized carbons (Fsp3) is 0.385. The van der Waals surface area contributed by atoms with E-state index in [0.29, 0.717) is 24.3 Å². The highest BCUT2D eigenvalue weighted by atomic mass is 35.5. The topological polar surface area (TPSA) is 74.8 Å². The lowest BCUT2D eigenvalue weighted by atomic mass is 9.76. The first-order chi connectivity index (χ1) is 15.8. The average Bonchev–Trinajstić information content (AvgIpc) is 3.06. The third-order valence-electron chi connectivity index (χ3n) is 6.74. The van der Waals surface area contributed by atoms with Crippen LogP contribution in [-0.2, 0) is 9.59 Å². The molecule has 0 bridgehead atoms. The van der Waals surface area contributed by atoms with Crippen molar-refractivity contribution in [1.29, 1.82) is 0 Å². The van der Waals surface area contributed by atoms with Crippen LogP contribution in [0.5, 0.6) is 0 Å². The number of halogens is 1. The fourth-order valence-corrected chi connectivity index (χ4v) is 5.20. The second-order valence-electron chi connectivity index (χ2n) is 8.90. The maximum atomic E-state index is 13.8. The molecular formula is C26H27ClN2O4. The van der Waals surface area contributed by atoms with Crippen LogP contribution in [0.2, 0.25) is 5.02 Å². The molecule has 0 radical (unpaired) electrons. The van der Waals surface area contributed by atoms with Gasteiger partial charge in [0.1, 0.15) is 6.04 Å². The Bertz CT molecular complexity index is 1090. The van der Waals surface area contributed by atoms with Crippen LogP contribution in [0, 0.1) is 17.8 Å². The number of ketones is 1. The maximum Gasteiger partial charge on any atom is 0.275 e. The molecule has 0 aromatic heterocycles. The number of fused-ring (bicyclic) bond motifs is 1. The summed E-state index contributed by atoms with van der Waals surface area (Å²) in [5, 5.41) is 2.22. The summed E-state index contributed by atoms with van der Waals surface area (Å²) < 4.78 is 0. The van der Waals surface area contributed by atoms with E-state index in [1.807, 2.05) is 0 Å². The van der Waals surface area contributed by atoms with Crippen LogP contribution >= 0.6 is 11.6 Å². The van der Waals surface area contributed by atoms with Gasteiger partial charge in [-0.3, -0.25) is 19.2 Å². The van der Waals surface area contributed by atoms with Crippen molar-refractivity contribution < 1.29 is 19.2 Å². The first kappa shape index (κ1) is 23.2. The summed E-state index contributed by atoms with van der Waals surface area (Å²) in [6, 6.07) is 14.0. The van der Waals surface area contributed by atoms with Crippen molar-refractivity contribution >= 4 is 35.1 Å². The molecule has 1 heterocycles. The average molecular weight is 467 g/mol. The number of nitrogens with zero attached hydrogens (tertiary/aromatic N) is 2. The van der Waals surface area contributed by atoms with Gasteiger partial charge in [-0.05, 0) is 43.7 Å². The van der Waals surface area contributed by atoms with E-state index in [0.717, 1.165) is 16.4 Å². The molecule has 2 aromatic rings. The van der Waals surface area contributed by atoms with E-state index in [1.54, 1.807) is 55.5 Å². The van der Waals surface area contributed by atoms with Gasteiger partial charge in [0.2, 0.25) is 0 Å². The van der Waals surface area contributed by atoms with Gasteiger partial charge >= 0.3 is 0 Å². The zero-order chi connectivity index (χ0) is 23.7. The van der Waals surface area contributed by atoms with Gasteiger partial charge in [0.25, 0.3) is 17.7 Å². The zero-order valence-electron chi connectivity index (χ0n) is 18.7. The number of imide groups is 1. The van der Waals surface area contributed by atoms with Gasteiger partial charge in [0.05, 0.1) is 22.4 Å². The van der Waals surface area contributed by atoms with E-state index in [2.05, 4.69) is 6.92 Å². The summed E-state index contributed by atoms with van der Waals surface area (Å²) in [4.78, 5) is 54.3. The van der Waals surface area contributed by atoms with Gasteiger partial charge in [0, 0.05) is 5.56 Å². The van der Waals surface area contributed by atoms with E-state index in [-0.39, 0.29) is 22.8 Å². The number of carbonyl (C=O) groups excluding carboxylic acids is 4. The normalized spacial score (nSPS) is 23.2. The van der Waals surface area contributed by atoms with Gasteiger partial charge in [-0.1, -0.05) is 67.9 Å². The van der Waals surface area contributed by atoms with Crippen LogP contribution in [-0.4, -0.2) is 39.6 Å². The minimum absolute atomic E-state index is 0.141. The summed E-state index contributed by atoms with van der Waals surface area (Å²) in [5.74, 6) is -2.38. The number of rotatable bonds is 6. The maximum absolute atomic E-state index is 13.8. The molecule has 0 N–H and O–H groups in total. The Morgan fingerprint density at radius 2 is 1.64 bits per heavy atom. The number of benzene rings is 2. The predicted octanol–water partition coefficient (Wildman–Crippen LogP) is 4.78. The molecule has 2 aromatic carbocycles. The van der Waals surface area contributed by atoms with Crippen LogP contribution in [0.3, 0.4) is 0 Å². The number of hydrogen-bond acceptors (Lipinski definition) is 4. The number of hydrazine groups is 1. The van der Waals surface area contributed by atoms with Gasteiger partial charge in [-0.25, -0.2) is 5.01 Å². The standard InChI is InChI=1S/C26H27ClN2O4/c1-3-22(23(30)17-9-5-4-6-10-17)28(25(32)19-11-7-8-12-21(19)27)29-24(31)18-14-13-16(2)15-20(18)26(29)33/h4-12,16,18,20,22H,3,13-15H2,1-2H3/t16-,18-,20-,22-/m1/s1. The fourth-order valence-electron chi connectivity index (χ4n) is 4.98. The third kappa shape index (κ3) is 4.20. The molecule has 0 unspecified atom stereocenters. The van der Waals surface area contributed by atoms with E-state index in [1.165, 1.54) is 6.07 Å². The van der Waals surface area contributed by atoms with Crippen molar-refractivity contribution in [3.05, 3.63) is 70.7 Å². The molecule has 0 spiro atoms. The third-order valence-corrected chi connectivity index (χ3v) is 7.06. The first-order valence-electron chi connectivity index (χ1n) is 11.4. The van der Waals surface area contributed by atoms with Crippen LogP contribution < -0.4 is 0 Å². The number of carbonyl (C=O) groups is 4. The van der Waals surface area contributed by atoms with Gasteiger partial charge in [-0.15, -0.1) is 0 Å². The summed E-state index contributed by atoms with van der Waals surface area (Å²) >= 11 is 6.31. The molecule has 2 fully saturated rings. The second-order valence-corrected chi connectivity index (χ2v) is 9.31. The van der Waals surface area contributed by atoms with Crippen LogP contribution in [0.4, 0.5) is 0 Å². The van der Waals surface area contributed by atoms with Crippen molar-refractivity contribution in [2.75, 3.05) is 0 Å². The molecule has 33 heavy (non-hydrogen) atoms. The molecule has 6 nitrogen and oxygen atoms in total. The zero-order valence-corrected chi connectivity index (χ0v) is 19.5. The smallest absolute Gasteiger partial charge is 0.275 e. The Kier molecular flexibility index (Phi) is 6.66. The van der Waals surface area contributed by atoms with Crippen LogP contribution in [0.1, 0.15) is 60.2 Å². The Hall–Kier alpha value is -2.99. The molecule has 1 aliphatic carbocycles. The number of amides is 3. The largest absolute Gasteiger partial charge is 0.292 e. The van der Waals surface area contributed by atoms with Crippen molar-refractivity contribution in [1.82, 2.24) is 10.0 Å². The van der Waals surface area contributed by atoms with Crippen molar-refractivity contribution in [3.63, 3.8) is 0 Å².